The van der Waals surface area contributed by atoms with Crippen molar-refractivity contribution in [1.29, 1.82) is 0 Å². The monoisotopic (exact) mass is 547 g/mol. The van der Waals surface area contributed by atoms with Crippen LogP contribution in [0, 0.1) is 6.92 Å². The summed E-state index contributed by atoms with van der Waals surface area (Å²) in [5.41, 5.74) is 8.32. The highest BCUT2D eigenvalue weighted by Crippen LogP contribution is 2.34. The maximum Gasteiger partial charge on any atom is 0.257 e. The van der Waals surface area contributed by atoms with Gasteiger partial charge in [0.25, 0.3) is 5.56 Å². The van der Waals surface area contributed by atoms with E-state index in [9.17, 15) is 9.90 Å². The summed E-state index contributed by atoms with van der Waals surface area (Å²) >= 11 is 6.06. The van der Waals surface area contributed by atoms with Crippen LogP contribution in [0.1, 0.15) is 66.0 Å². The van der Waals surface area contributed by atoms with E-state index in [1.54, 1.807) is 6.20 Å². The molecule has 5 rings (SSSR count). The molecule has 1 atom stereocenters. The van der Waals surface area contributed by atoms with E-state index in [0.717, 1.165) is 92.9 Å². The van der Waals surface area contributed by atoms with E-state index in [-0.39, 0.29) is 5.56 Å². The molecule has 0 bridgehead atoms. The van der Waals surface area contributed by atoms with Gasteiger partial charge in [0.05, 0.1) is 24.9 Å². The Bertz CT molecular complexity index is 1380. The smallest absolute Gasteiger partial charge is 0.257 e. The predicted octanol–water partition coefficient (Wildman–Crippen LogP) is 6.41. The van der Waals surface area contributed by atoms with Crippen molar-refractivity contribution in [3.63, 3.8) is 0 Å². The third-order valence-corrected chi connectivity index (χ3v) is 8.01. The second kappa shape index (κ2) is 12.9. The Morgan fingerprint density at radius 3 is 2.77 bits per heavy atom. The lowest BCUT2D eigenvalue weighted by molar-refractivity contribution is 0.122. The Labute approximate surface area is 235 Å². The number of halogens is 1. The van der Waals surface area contributed by atoms with Crippen molar-refractivity contribution in [2.24, 2.45) is 0 Å². The van der Waals surface area contributed by atoms with Crippen LogP contribution < -0.4 is 15.8 Å². The second-order valence-corrected chi connectivity index (χ2v) is 11.0. The molecule has 3 aromatic rings. The van der Waals surface area contributed by atoms with Gasteiger partial charge in [-0.15, -0.1) is 0 Å². The molecule has 1 fully saturated rings. The van der Waals surface area contributed by atoms with E-state index < -0.39 is 6.10 Å². The quantitative estimate of drug-likeness (QED) is 0.270. The number of rotatable bonds is 9. The number of unbranched alkanes of at least 4 members (excludes halogenated alkanes) is 2. The van der Waals surface area contributed by atoms with E-state index in [2.05, 4.69) is 40.3 Å². The number of aliphatic hydroxyl groups is 1. The van der Waals surface area contributed by atoms with Gasteiger partial charge >= 0.3 is 0 Å². The van der Waals surface area contributed by atoms with E-state index in [4.69, 9.17) is 16.3 Å². The van der Waals surface area contributed by atoms with Crippen molar-refractivity contribution in [1.82, 2.24) is 4.98 Å². The van der Waals surface area contributed by atoms with Crippen molar-refractivity contribution in [2.45, 2.75) is 58.0 Å². The van der Waals surface area contributed by atoms with Gasteiger partial charge in [0, 0.05) is 41.4 Å². The fourth-order valence-corrected chi connectivity index (χ4v) is 5.87. The molecule has 0 amide bonds. The number of hydrogen-bond acceptors (Lipinski definition) is 5. The van der Waals surface area contributed by atoms with Crippen LogP contribution in [0.15, 0.2) is 59.5 Å². The van der Waals surface area contributed by atoms with Crippen LogP contribution in [0.5, 0.6) is 0 Å². The van der Waals surface area contributed by atoms with Gasteiger partial charge in [-0.2, -0.15) is 0 Å². The number of aryl methyl sites for hydroxylation is 3. The van der Waals surface area contributed by atoms with Crippen LogP contribution in [0.2, 0.25) is 5.02 Å². The van der Waals surface area contributed by atoms with Crippen molar-refractivity contribution in [3.8, 4) is 0 Å². The van der Waals surface area contributed by atoms with Crippen LogP contribution in [-0.2, 0) is 17.6 Å². The molecule has 0 spiro atoms. The fourth-order valence-electron chi connectivity index (χ4n) is 5.68. The molecule has 6 nitrogen and oxygen atoms in total. The number of pyridine rings is 1. The first-order valence-corrected chi connectivity index (χ1v) is 14.5. The van der Waals surface area contributed by atoms with Gasteiger partial charge in [-0.05, 0) is 91.6 Å². The first-order chi connectivity index (χ1) is 19.0. The molecule has 39 heavy (non-hydrogen) atoms. The summed E-state index contributed by atoms with van der Waals surface area (Å²) in [6.07, 6.45) is 9.55. The van der Waals surface area contributed by atoms with Crippen molar-refractivity contribution in [3.05, 3.63) is 97.9 Å². The largest absolute Gasteiger partial charge is 0.388 e. The average molecular weight is 548 g/mol. The number of aromatic amines is 1. The molecule has 0 aliphatic carbocycles. The summed E-state index contributed by atoms with van der Waals surface area (Å²) < 4.78 is 5.53. The van der Waals surface area contributed by atoms with E-state index >= 15 is 0 Å². The molecule has 0 unspecified atom stereocenters. The first kappa shape index (κ1) is 27.5. The summed E-state index contributed by atoms with van der Waals surface area (Å²) in [5, 5.41) is 14.8. The molecule has 2 aromatic carbocycles. The Morgan fingerprint density at radius 2 is 1.95 bits per heavy atom. The molecule has 1 saturated heterocycles. The minimum atomic E-state index is -0.508. The summed E-state index contributed by atoms with van der Waals surface area (Å²) in [6, 6.07) is 14.0. The standard InChI is InChI=1S/C32H38ClN3O3/c1-22-19-27(36-15-17-39-18-16-36)21-25-9-6-11-28(35-31(22)25)30-23(13-14-34-32(30)38)7-3-2-4-12-29(37)24-8-5-10-26(33)20-24/h5,8,10-11,13-14,19-21,29,35,37H,2-4,6-7,9,12,15-18H2,1H3,(H,34,38)/t29-/m1/s1. The molecule has 1 aromatic heterocycles. The number of nitrogens with zero attached hydrogens (tertiary/aromatic N) is 1. The Balaban J connectivity index is 1.25. The van der Waals surface area contributed by atoms with Crippen LogP contribution in [0.4, 0.5) is 11.4 Å². The lowest BCUT2D eigenvalue weighted by Crippen LogP contribution is -2.36. The summed E-state index contributed by atoms with van der Waals surface area (Å²) in [4.78, 5) is 18.4. The predicted molar refractivity (Wildman–Crippen MR) is 160 cm³/mol. The molecule has 7 heteroatoms. The first-order valence-electron chi connectivity index (χ1n) is 14.1. The Hall–Kier alpha value is -3.06. The summed E-state index contributed by atoms with van der Waals surface area (Å²) in [5.74, 6) is 0. The third kappa shape index (κ3) is 6.75. The SMILES string of the molecule is Cc1cc(N2CCOCC2)cc2c1NC(c1c(CCCCC[C@@H](O)c3cccc(Cl)c3)cc[nH]c1=O)=CCC2. The lowest BCUT2D eigenvalue weighted by Gasteiger charge is -2.30. The molecular formula is C32H38ClN3O3. The van der Waals surface area contributed by atoms with Crippen LogP contribution >= 0.6 is 11.6 Å². The number of allylic oxidation sites excluding steroid dienone is 1. The highest BCUT2D eigenvalue weighted by molar-refractivity contribution is 6.30. The third-order valence-electron chi connectivity index (χ3n) is 7.77. The van der Waals surface area contributed by atoms with Gasteiger partial charge in [-0.1, -0.05) is 42.7 Å². The number of morpholine rings is 1. The number of H-pyrrole nitrogens is 1. The number of benzene rings is 2. The number of aliphatic hydroxyl groups excluding tert-OH is 1. The van der Waals surface area contributed by atoms with Gasteiger partial charge in [0.15, 0.2) is 0 Å². The lowest BCUT2D eigenvalue weighted by atomic mass is 9.98. The van der Waals surface area contributed by atoms with Gasteiger partial charge in [0.2, 0.25) is 0 Å². The topological polar surface area (TPSA) is 77.6 Å². The van der Waals surface area contributed by atoms with Crippen molar-refractivity contribution < 1.29 is 9.84 Å². The second-order valence-electron chi connectivity index (χ2n) is 10.6. The van der Waals surface area contributed by atoms with Crippen molar-refractivity contribution >= 4 is 28.7 Å². The highest BCUT2D eigenvalue weighted by Gasteiger charge is 2.20. The molecule has 3 heterocycles. The van der Waals surface area contributed by atoms with E-state index in [1.165, 1.54) is 16.8 Å². The summed E-state index contributed by atoms with van der Waals surface area (Å²) in [7, 11) is 0. The molecule has 0 saturated carbocycles. The van der Waals surface area contributed by atoms with Crippen LogP contribution in [0.3, 0.4) is 0 Å². The number of fused-ring (bicyclic) bond motifs is 1. The minimum absolute atomic E-state index is 0.0614. The molecule has 2 aliphatic heterocycles. The molecule has 2 aliphatic rings. The van der Waals surface area contributed by atoms with Gasteiger partial charge in [-0.25, -0.2) is 0 Å². The highest BCUT2D eigenvalue weighted by atomic mass is 35.5. The van der Waals surface area contributed by atoms with E-state index in [1.807, 2.05) is 30.3 Å². The van der Waals surface area contributed by atoms with Gasteiger partial charge in [-0.3, -0.25) is 4.79 Å². The average Bonchev–Trinajstić information content (AvgIpc) is 3.16. The zero-order valence-corrected chi connectivity index (χ0v) is 23.4. The Kier molecular flexibility index (Phi) is 9.07. The number of hydrogen-bond donors (Lipinski definition) is 3. The molecule has 0 radical (unpaired) electrons. The number of anilines is 2. The zero-order chi connectivity index (χ0) is 27.2. The zero-order valence-electron chi connectivity index (χ0n) is 22.6. The van der Waals surface area contributed by atoms with Crippen LogP contribution in [-0.4, -0.2) is 36.4 Å². The molecular weight excluding hydrogens is 510 g/mol. The number of ether oxygens (including phenoxy) is 1. The van der Waals surface area contributed by atoms with Crippen LogP contribution in [0.25, 0.3) is 5.70 Å². The normalized spacial score (nSPS) is 16.2. The number of aromatic nitrogens is 1. The maximum atomic E-state index is 13.1. The van der Waals surface area contributed by atoms with Crippen molar-refractivity contribution in [2.75, 3.05) is 36.5 Å². The fraction of sp³-hybridized carbons (Fsp3) is 0.406. The molecule has 3 N–H and O–H groups in total. The number of nitrogens with one attached hydrogen (secondary N) is 2. The summed E-state index contributed by atoms with van der Waals surface area (Å²) in [6.45, 7) is 5.51. The van der Waals surface area contributed by atoms with Gasteiger partial charge in [0.1, 0.15) is 0 Å². The van der Waals surface area contributed by atoms with Gasteiger partial charge < -0.3 is 25.0 Å². The van der Waals surface area contributed by atoms with E-state index in [0.29, 0.717) is 11.4 Å². The molecule has 206 valence electrons. The minimum Gasteiger partial charge on any atom is -0.388 e. The maximum absolute atomic E-state index is 13.1. The Morgan fingerprint density at radius 1 is 1.10 bits per heavy atom.